The highest BCUT2D eigenvalue weighted by molar-refractivity contribution is 5.70. The lowest BCUT2D eigenvalue weighted by molar-refractivity contribution is -0.682. The highest BCUT2D eigenvalue weighted by Crippen LogP contribution is 2.26. The summed E-state index contributed by atoms with van der Waals surface area (Å²) in [6, 6.07) is 8.30. The van der Waals surface area contributed by atoms with E-state index in [1.165, 1.54) is 44.0 Å². The number of nitrogens with zero attached hydrogens (tertiary/aromatic N) is 1. The standard InChI is InChI=1S/C16H22N2O/c19-12-16-17-14-8-4-5-9-15(14)18(16)11-10-13-6-2-1-3-7-13/h4-5,8-9,13,19H,1-3,6-7,10-12H2/p+1. The van der Waals surface area contributed by atoms with Crippen LogP contribution in [0.5, 0.6) is 0 Å². The number of imidazole rings is 1. The predicted molar refractivity (Wildman–Crippen MR) is 75.6 cm³/mol. The molecule has 0 radical (unpaired) electrons. The molecule has 0 atom stereocenters. The van der Waals surface area contributed by atoms with Crippen LogP contribution in [-0.4, -0.2) is 10.1 Å². The lowest BCUT2D eigenvalue weighted by atomic mass is 9.87. The molecule has 0 amide bonds. The van der Waals surface area contributed by atoms with E-state index in [1.54, 1.807) is 0 Å². The molecular formula is C16H23N2O+. The van der Waals surface area contributed by atoms with Crippen LogP contribution in [-0.2, 0) is 13.2 Å². The van der Waals surface area contributed by atoms with E-state index in [9.17, 15) is 5.11 Å². The molecule has 3 rings (SSSR count). The van der Waals surface area contributed by atoms with Gasteiger partial charge in [0.1, 0.15) is 6.61 Å². The molecular weight excluding hydrogens is 236 g/mol. The molecule has 0 unspecified atom stereocenters. The first-order valence-electron chi connectivity index (χ1n) is 7.49. The predicted octanol–water partition coefficient (Wildman–Crippen LogP) is 2.92. The van der Waals surface area contributed by atoms with Crippen LogP contribution in [0, 0.1) is 5.92 Å². The van der Waals surface area contributed by atoms with E-state index >= 15 is 0 Å². The van der Waals surface area contributed by atoms with Crippen molar-refractivity contribution in [3.8, 4) is 0 Å². The van der Waals surface area contributed by atoms with Gasteiger partial charge in [-0.15, -0.1) is 0 Å². The van der Waals surface area contributed by atoms with Crippen molar-refractivity contribution in [3.63, 3.8) is 0 Å². The van der Waals surface area contributed by atoms with Gasteiger partial charge in [0.25, 0.3) is 5.82 Å². The number of aromatic amines is 1. The van der Waals surface area contributed by atoms with Gasteiger partial charge in [0.05, 0.1) is 6.54 Å². The van der Waals surface area contributed by atoms with E-state index in [4.69, 9.17) is 0 Å². The number of H-pyrrole nitrogens is 1. The maximum absolute atomic E-state index is 9.50. The van der Waals surface area contributed by atoms with E-state index in [0.717, 1.165) is 23.8 Å². The van der Waals surface area contributed by atoms with E-state index < -0.39 is 0 Å². The van der Waals surface area contributed by atoms with Crippen molar-refractivity contribution >= 4 is 11.0 Å². The summed E-state index contributed by atoms with van der Waals surface area (Å²) in [4.78, 5) is 3.31. The maximum atomic E-state index is 9.50. The third-order valence-corrected chi connectivity index (χ3v) is 4.44. The number of nitrogens with one attached hydrogen (secondary N) is 1. The van der Waals surface area contributed by atoms with Crippen molar-refractivity contribution < 1.29 is 9.67 Å². The molecule has 2 aromatic rings. The van der Waals surface area contributed by atoms with Crippen LogP contribution in [0.1, 0.15) is 44.3 Å². The van der Waals surface area contributed by atoms with Crippen molar-refractivity contribution in [2.75, 3.05) is 0 Å². The molecule has 1 aromatic carbocycles. The molecule has 1 saturated carbocycles. The van der Waals surface area contributed by atoms with E-state index in [-0.39, 0.29) is 6.61 Å². The number of aryl methyl sites for hydroxylation is 1. The Labute approximate surface area is 114 Å². The maximum Gasteiger partial charge on any atom is 0.281 e. The highest BCUT2D eigenvalue weighted by atomic mass is 16.3. The SMILES string of the molecule is OCc1[nH]c2ccccc2[n+]1CCC1CCCCC1. The first-order chi connectivity index (χ1) is 9.38. The second-order valence-corrected chi connectivity index (χ2v) is 5.69. The van der Waals surface area contributed by atoms with Gasteiger partial charge < -0.3 is 5.11 Å². The Morgan fingerprint density at radius 2 is 1.95 bits per heavy atom. The molecule has 1 heterocycles. The zero-order valence-electron chi connectivity index (χ0n) is 11.4. The number of hydrogen-bond acceptors (Lipinski definition) is 1. The fourth-order valence-electron chi connectivity index (χ4n) is 3.35. The molecule has 2 N–H and O–H groups in total. The number of hydrogen-bond donors (Lipinski definition) is 2. The lowest BCUT2D eigenvalue weighted by Crippen LogP contribution is -2.38. The number of rotatable bonds is 4. The van der Waals surface area contributed by atoms with Crippen LogP contribution in [0.4, 0.5) is 0 Å². The van der Waals surface area contributed by atoms with Gasteiger partial charge in [-0.05, 0) is 24.5 Å². The van der Waals surface area contributed by atoms with Crippen LogP contribution >= 0.6 is 0 Å². The third-order valence-electron chi connectivity index (χ3n) is 4.44. The van der Waals surface area contributed by atoms with Crippen molar-refractivity contribution in [2.24, 2.45) is 5.92 Å². The van der Waals surface area contributed by atoms with Gasteiger partial charge in [0.2, 0.25) is 0 Å². The first-order valence-corrected chi connectivity index (χ1v) is 7.49. The monoisotopic (exact) mass is 259 g/mol. The summed E-state index contributed by atoms with van der Waals surface area (Å²) < 4.78 is 2.25. The Morgan fingerprint density at radius 1 is 1.16 bits per heavy atom. The lowest BCUT2D eigenvalue weighted by Gasteiger charge is -2.20. The molecule has 1 aromatic heterocycles. The van der Waals surface area contributed by atoms with E-state index in [2.05, 4.69) is 27.8 Å². The van der Waals surface area contributed by atoms with E-state index in [1.807, 2.05) is 6.07 Å². The molecule has 3 nitrogen and oxygen atoms in total. The molecule has 3 heteroatoms. The van der Waals surface area contributed by atoms with Crippen molar-refractivity contribution in [2.45, 2.75) is 51.7 Å². The van der Waals surface area contributed by atoms with Crippen LogP contribution in [0.15, 0.2) is 24.3 Å². The first kappa shape index (κ1) is 12.7. The van der Waals surface area contributed by atoms with Crippen molar-refractivity contribution in [1.29, 1.82) is 0 Å². The number of aliphatic hydroxyl groups is 1. The minimum Gasteiger partial charge on any atom is -0.384 e. The molecule has 1 fully saturated rings. The minimum atomic E-state index is 0.0827. The zero-order valence-corrected chi connectivity index (χ0v) is 11.4. The molecule has 0 saturated heterocycles. The summed E-state index contributed by atoms with van der Waals surface area (Å²) in [6.45, 7) is 1.10. The molecule has 0 spiro atoms. The molecule has 1 aliphatic carbocycles. The van der Waals surface area contributed by atoms with Crippen LogP contribution in [0.2, 0.25) is 0 Å². The molecule has 0 aliphatic heterocycles. The number of para-hydroxylation sites is 2. The van der Waals surface area contributed by atoms with Gasteiger partial charge in [-0.2, -0.15) is 0 Å². The van der Waals surface area contributed by atoms with Gasteiger partial charge in [-0.1, -0.05) is 44.2 Å². The van der Waals surface area contributed by atoms with Gasteiger partial charge in [0.15, 0.2) is 11.0 Å². The zero-order chi connectivity index (χ0) is 13.1. The summed E-state index contributed by atoms with van der Waals surface area (Å²) in [5.74, 6) is 1.80. The normalized spacial score (nSPS) is 17.1. The second kappa shape index (κ2) is 5.74. The van der Waals surface area contributed by atoms with Crippen molar-refractivity contribution in [1.82, 2.24) is 4.98 Å². The summed E-state index contributed by atoms with van der Waals surface area (Å²) in [5, 5.41) is 9.50. The Hall–Kier alpha value is -1.35. The topological polar surface area (TPSA) is 39.9 Å². The Kier molecular flexibility index (Phi) is 3.83. The Bertz CT molecular complexity index is 541. The summed E-state index contributed by atoms with van der Waals surface area (Å²) >= 11 is 0. The van der Waals surface area contributed by atoms with Gasteiger partial charge in [-0.25, -0.2) is 9.55 Å². The summed E-state index contributed by atoms with van der Waals surface area (Å²) in [6.07, 6.45) is 8.22. The summed E-state index contributed by atoms with van der Waals surface area (Å²) in [5.41, 5.74) is 2.33. The minimum absolute atomic E-state index is 0.0827. The molecule has 102 valence electrons. The molecule has 0 bridgehead atoms. The average molecular weight is 259 g/mol. The molecule has 1 aliphatic rings. The highest BCUT2D eigenvalue weighted by Gasteiger charge is 2.19. The van der Waals surface area contributed by atoms with Gasteiger partial charge in [0, 0.05) is 0 Å². The quantitative estimate of drug-likeness (QED) is 0.814. The fraction of sp³-hybridized carbons (Fsp3) is 0.562. The third kappa shape index (κ3) is 2.66. The Balaban J connectivity index is 1.78. The van der Waals surface area contributed by atoms with Crippen LogP contribution in [0.3, 0.4) is 0 Å². The number of aromatic nitrogens is 2. The Morgan fingerprint density at radius 3 is 2.74 bits per heavy atom. The van der Waals surface area contributed by atoms with Gasteiger partial charge in [-0.3, -0.25) is 0 Å². The fourth-order valence-corrected chi connectivity index (χ4v) is 3.35. The molecule has 19 heavy (non-hydrogen) atoms. The number of fused-ring (bicyclic) bond motifs is 1. The summed E-state index contributed by atoms with van der Waals surface area (Å²) in [7, 11) is 0. The van der Waals surface area contributed by atoms with Gasteiger partial charge >= 0.3 is 0 Å². The van der Waals surface area contributed by atoms with E-state index in [0.29, 0.717) is 0 Å². The van der Waals surface area contributed by atoms with Crippen molar-refractivity contribution in [3.05, 3.63) is 30.1 Å². The largest absolute Gasteiger partial charge is 0.384 e. The number of benzene rings is 1. The smallest absolute Gasteiger partial charge is 0.281 e. The van der Waals surface area contributed by atoms with Crippen LogP contribution in [0.25, 0.3) is 11.0 Å². The van der Waals surface area contributed by atoms with Crippen LogP contribution < -0.4 is 4.57 Å². The average Bonchev–Trinajstić information content (AvgIpc) is 2.84. The second-order valence-electron chi connectivity index (χ2n) is 5.69. The number of aliphatic hydroxyl groups excluding tert-OH is 1.